The molecule has 0 saturated carbocycles. The molecule has 1 aromatic rings. The number of ether oxygens (including phenoxy) is 1. The molecule has 1 aromatic carbocycles. The predicted molar refractivity (Wildman–Crippen MR) is 74.8 cm³/mol. The summed E-state index contributed by atoms with van der Waals surface area (Å²) in [5.41, 5.74) is 0.515. The maximum absolute atomic E-state index is 11.5. The van der Waals surface area contributed by atoms with E-state index in [1.165, 1.54) is 13.0 Å². The molecule has 1 amide bonds. The highest BCUT2D eigenvalue weighted by atomic mass is 35.5. The number of carbonyl (C=O) groups excluding carboxylic acids is 2. The molecule has 19 heavy (non-hydrogen) atoms. The minimum Gasteiger partial charge on any atom is -0.482 e. The van der Waals surface area contributed by atoms with Gasteiger partial charge in [-0.1, -0.05) is 25.4 Å². The van der Waals surface area contributed by atoms with Gasteiger partial charge in [-0.15, -0.1) is 0 Å². The van der Waals surface area contributed by atoms with Crippen LogP contribution in [0.3, 0.4) is 0 Å². The number of hydrogen-bond acceptors (Lipinski definition) is 3. The fraction of sp³-hybridized carbons (Fsp3) is 0.429. The molecule has 4 nitrogen and oxygen atoms in total. The Balaban J connectivity index is 2.54. The van der Waals surface area contributed by atoms with E-state index in [-0.39, 0.29) is 18.3 Å². The number of Topliss-reactive ketones (excluding diaryl/α,β-unsaturated/α-hetero) is 1. The number of amides is 1. The first-order chi connectivity index (χ1) is 8.90. The van der Waals surface area contributed by atoms with Crippen molar-refractivity contribution in [3.05, 3.63) is 28.8 Å². The van der Waals surface area contributed by atoms with Crippen LogP contribution in [0.15, 0.2) is 18.2 Å². The summed E-state index contributed by atoms with van der Waals surface area (Å²) >= 11 is 5.98. The lowest BCUT2D eigenvalue weighted by atomic mass is 10.1. The number of benzene rings is 1. The molecule has 0 saturated heterocycles. The monoisotopic (exact) mass is 283 g/mol. The summed E-state index contributed by atoms with van der Waals surface area (Å²) in [6.45, 7) is 6.01. The first-order valence-electron chi connectivity index (χ1n) is 6.10. The normalized spacial score (nSPS) is 10.4. The molecule has 0 heterocycles. The van der Waals surface area contributed by atoms with Gasteiger partial charge in [-0.3, -0.25) is 9.59 Å². The summed E-state index contributed by atoms with van der Waals surface area (Å²) < 4.78 is 5.31. The maximum atomic E-state index is 11.5. The summed E-state index contributed by atoms with van der Waals surface area (Å²) in [5, 5.41) is 3.06. The van der Waals surface area contributed by atoms with E-state index in [1.54, 1.807) is 12.1 Å². The highest BCUT2D eigenvalue weighted by Crippen LogP contribution is 2.25. The standard InChI is InChI=1S/C14H18ClNO3/c1-9(2)7-16-14(18)8-19-13-5-4-11(10(3)17)6-12(13)15/h4-6,9H,7-8H2,1-3H3,(H,16,18). The van der Waals surface area contributed by atoms with Gasteiger partial charge in [0.2, 0.25) is 0 Å². The van der Waals surface area contributed by atoms with Gasteiger partial charge < -0.3 is 10.1 Å². The Kier molecular flexibility index (Phi) is 5.83. The van der Waals surface area contributed by atoms with Crippen LogP contribution in [-0.4, -0.2) is 24.8 Å². The third kappa shape index (κ3) is 5.30. The average Bonchev–Trinajstić information content (AvgIpc) is 2.34. The second kappa shape index (κ2) is 7.14. The molecule has 0 fully saturated rings. The molecule has 0 aromatic heterocycles. The van der Waals surface area contributed by atoms with Crippen molar-refractivity contribution in [3.8, 4) is 5.75 Å². The molecule has 5 heteroatoms. The van der Waals surface area contributed by atoms with Crippen LogP contribution in [-0.2, 0) is 4.79 Å². The molecule has 0 aliphatic carbocycles. The van der Waals surface area contributed by atoms with Gasteiger partial charge in [-0.05, 0) is 31.0 Å². The van der Waals surface area contributed by atoms with E-state index in [0.29, 0.717) is 28.8 Å². The van der Waals surface area contributed by atoms with Gasteiger partial charge in [-0.25, -0.2) is 0 Å². The quantitative estimate of drug-likeness (QED) is 0.817. The number of rotatable bonds is 6. The van der Waals surface area contributed by atoms with E-state index in [0.717, 1.165) is 0 Å². The van der Waals surface area contributed by atoms with E-state index in [1.807, 2.05) is 13.8 Å². The van der Waals surface area contributed by atoms with E-state index >= 15 is 0 Å². The van der Waals surface area contributed by atoms with Gasteiger partial charge in [0.25, 0.3) is 5.91 Å². The minimum absolute atomic E-state index is 0.0665. The molecule has 0 atom stereocenters. The Bertz CT molecular complexity index is 472. The van der Waals surface area contributed by atoms with Crippen LogP contribution in [0.1, 0.15) is 31.1 Å². The zero-order chi connectivity index (χ0) is 14.4. The number of nitrogens with one attached hydrogen (secondary N) is 1. The predicted octanol–water partition coefficient (Wildman–Crippen LogP) is 2.69. The van der Waals surface area contributed by atoms with E-state index in [4.69, 9.17) is 16.3 Å². The number of carbonyl (C=O) groups is 2. The van der Waals surface area contributed by atoms with Gasteiger partial charge in [-0.2, -0.15) is 0 Å². The van der Waals surface area contributed by atoms with Crippen molar-refractivity contribution in [2.45, 2.75) is 20.8 Å². The third-order valence-corrected chi connectivity index (χ3v) is 2.70. The van der Waals surface area contributed by atoms with Gasteiger partial charge in [0, 0.05) is 12.1 Å². The first kappa shape index (κ1) is 15.5. The lowest BCUT2D eigenvalue weighted by Gasteiger charge is -2.10. The Hall–Kier alpha value is -1.55. The van der Waals surface area contributed by atoms with Crippen LogP contribution in [0, 0.1) is 5.92 Å². The average molecular weight is 284 g/mol. The maximum Gasteiger partial charge on any atom is 0.257 e. The largest absolute Gasteiger partial charge is 0.482 e. The van der Waals surface area contributed by atoms with Crippen molar-refractivity contribution in [3.63, 3.8) is 0 Å². The Morgan fingerprint density at radius 1 is 1.37 bits per heavy atom. The first-order valence-corrected chi connectivity index (χ1v) is 6.48. The van der Waals surface area contributed by atoms with Crippen LogP contribution >= 0.6 is 11.6 Å². The fourth-order valence-electron chi connectivity index (χ4n) is 1.35. The van der Waals surface area contributed by atoms with Crippen LogP contribution < -0.4 is 10.1 Å². The van der Waals surface area contributed by atoms with Crippen molar-refractivity contribution >= 4 is 23.3 Å². The zero-order valence-corrected chi connectivity index (χ0v) is 12.1. The molecule has 0 spiro atoms. The number of hydrogen-bond donors (Lipinski definition) is 1. The third-order valence-electron chi connectivity index (χ3n) is 2.40. The van der Waals surface area contributed by atoms with E-state index in [9.17, 15) is 9.59 Å². The van der Waals surface area contributed by atoms with Crippen molar-refractivity contribution < 1.29 is 14.3 Å². The summed E-state index contributed by atoms with van der Waals surface area (Å²) in [7, 11) is 0. The summed E-state index contributed by atoms with van der Waals surface area (Å²) in [5.74, 6) is 0.525. The van der Waals surface area contributed by atoms with Gasteiger partial charge >= 0.3 is 0 Å². The molecule has 0 aliphatic rings. The number of halogens is 1. The van der Waals surface area contributed by atoms with Crippen molar-refractivity contribution in [1.82, 2.24) is 5.32 Å². The lowest BCUT2D eigenvalue weighted by molar-refractivity contribution is -0.123. The second-order valence-corrected chi connectivity index (χ2v) is 5.10. The van der Waals surface area contributed by atoms with Crippen LogP contribution in [0.5, 0.6) is 5.75 Å². The molecule has 0 aliphatic heterocycles. The van der Waals surface area contributed by atoms with Gasteiger partial charge in [0.05, 0.1) is 5.02 Å². The molecular weight excluding hydrogens is 266 g/mol. The molecule has 104 valence electrons. The molecule has 0 unspecified atom stereocenters. The molecule has 1 rings (SSSR count). The van der Waals surface area contributed by atoms with Crippen molar-refractivity contribution in [2.75, 3.05) is 13.2 Å². The van der Waals surface area contributed by atoms with Crippen molar-refractivity contribution in [1.29, 1.82) is 0 Å². The fourth-order valence-corrected chi connectivity index (χ4v) is 1.58. The van der Waals surface area contributed by atoms with E-state index in [2.05, 4.69) is 5.32 Å². The zero-order valence-electron chi connectivity index (χ0n) is 11.3. The lowest BCUT2D eigenvalue weighted by Crippen LogP contribution is -2.31. The Morgan fingerprint density at radius 3 is 2.58 bits per heavy atom. The summed E-state index contributed by atoms with van der Waals surface area (Å²) in [6, 6.07) is 4.75. The highest BCUT2D eigenvalue weighted by molar-refractivity contribution is 6.32. The van der Waals surface area contributed by atoms with Crippen LogP contribution in [0.25, 0.3) is 0 Å². The van der Waals surface area contributed by atoms with Crippen LogP contribution in [0.4, 0.5) is 0 Å². The molecular formula is C14H18ClNO3. The van der Waals surface area contributed by atoms with E-state index < -0.39 is 0 Å². The topological polar surface area (TPSA) is 55.4 Å². The second-order valence-electron chi connectivity index (χ2n) is 4.69. The Labute approximate surface area is 118 Å². The molecule has 0 radical (unpaired) electrons. The summed E-state index contributed by atoms with van der Waals surface area (Å²) in [6.07, 6.45) is 0. The number of ketones is 1. The molecule has 1 N–H and O–H groups in total. The van der Waals surface area contributed by atoms with Crippen molar-refractivity contribution in [2.24, 2.45) is 5.92 Å². The minimum atomic E-state index is -0.194. The molecule has 0 bridgehead atoms. The van der Waals surface area contributed by atoms with Gasteiger partial charge in [0.1, 0.15) is 5.75 Å². The van der Waals surface area contributed by atoms with Crippen LogP contribution in [0.2, 0.25) is 5.02 Å². The summed E-state index contributed by atoms with van der Waals surface area (Å²) in [4.78, 5) is 22.6. The smallest absolute Gasteiger partial charge is 0.257 e. The highest BCUT2D eigenvalue weighted by Gasteiger charge is 2.08. The Morgan fingerprint density at radius 2 is 2.05 bits per heavy atom. The van der Waals surface area contributed by atoms with Gasteiger partial charge in [0.15, 0.2) is 12.4 Å². The SMILES string of the molecule is CC(=O)c1ccc(OCC(=O)NCC(C)C)c(Cl)c1.